The third kappa shape index (κ3) is 3.66. The van der Waals surface area contributed by atoms with Gasteiger partial charge in [0.2, 0.25) is 5.91 Å². The monoisotopic (exact) mass is 288 g/mol. The fraction of sp³-hybridized carbons (Fsp3) is 0.400. The normalized spacial score (nSPS) is 10.7. The molecule has 6 heteroatoms. The van der Waals surface area contributed by atoms with Crippen LogP contribution in [0.25, 0.3) is 5.69 Å². The molecule has 0 unspecified atom stereocenters. The van der Waals surface area contributed by atoms with Gasteiger partial charge in [-0.1, -0.05) is 12.1 Å². The van der Waals surface area contributed by atoms with Crippen molar-refractivity contribution in [2.75, 3.05) is 7.11 Å². The lowest BCUT2D eigenvalue weighted by Gasteiger charge is -2.10. The molecule has 2 aromatic rings. The van der Waals surface area contributed by atoms with Crippen LogP contribution in [0.1, 0.15) is 29.7 Å². The van der Waals surface area contributed by atoms with Crippen molar-refractivity contribution in [3.05, 3.63) is 41.0 Å². The minimum Gasteiger partial charge on any atom is -0.377 e. The van der Waals surface area contributed by atoms with E-state index < -0.39 is 0 Å². The highest BCUT2D eigenvalue weighted by Crippen LogP contribution is 2.17. The summed E-state index contributed by atoms with van der Waals surface area (Å²) in [5.41, 5.74) is 3.20. The molecule has 0 spiro atoms. The predicted octanol–water partition coefficient (Wildman–Crippen LogP) is 1.67. The van der Waals surface area contributed by atoms with Crippen LogP contribution in [-0.2, 0) is 22.7 Å². The highest BCUT2D eigenvalue weighted by atomic mass is 16.5. The van der Waals surface area contributed by atoms with Gasteiger partial charge in [0, 0.05) is 14.0 Å². The van der Waals surface area contributed by atoms with Gasteiger partial charge < -0.3 is 10.1 Å². The maximum absolute atomic E-state index is 11.1. The van der Waals surface area contributed by atoms with Crippen LogP contribution in [-0.4, -0.2) is 27.8 Å². The summed E-state index contributed by atoms with van der Waals surface area (Å²) in [7, 11) is 1.60. The number of hydrogen-bond donors (Lipinski definition) is 1. The van der Waals surface area contributed by atoms with Crippen molar-refractivity contribution in [2.45, 2.75) is 33.9 Å². The van der Waals surface area contributed by atoms with Crippen LogP contribution in [0.5, 0.6) is 0 Å². The second-order valence-electron chi connectivity index (χ2n) is 4.99. The zero-order chi connectivity index (χ0) is 15.4. The molecule has 0 aliphatic heterocycles. The first-order valence-electron chi connectivity index (χ1n) is 6.77. The zero-order valence-electron chi connectivity index (χ0n) is 12.8. The van der Waals surface area contributed by atoms with E-state index >= 15 is 0 Å². The molecule has 1 heterocycles. The average Bonchev–Trinajstić information content (AvgIpc) is 2.82. The molecule has 0 saturated carbocycles. The lowest BCUT2D eigenvalue weighted by atomic mass is 10.1. The van der Waals surface area contributed by atoms with Crippen molar-refractivity contribution < 1.29 is 9.53 Å². The van der Waals surface area contributed by atoms with Gasteiger partial charge >= 0.3 is 0 Å². The van der Waals surface area contributed by atoms with E-state index in [1.165, 1.54) is 6.92 Å². The lowest BCUT2D eigenvalue weighted by Crippen LogP contribution is -2.21. The predicted molar refractivity (Wildman–Crippen MR) is 79.1 cm³/mol. The second kappa shape index (κ2) is 6.49. The van der Waals surface area contributed by atoms with Gasteiger partial charge in [0.1, 0.15) is 6.61 Å². The van der Waals surface area contributed by atoms with Crippen LogP contribution >= 0.6 is 0 Å². The van der Waals surface area contributed by atoms with Crippen molar-refractivity contribution >= 4 is 5.91 Å². The molecule has 0 fully saturated rings. The minimum atomic E-state index is -0.0983. The molecule has 1 amide bonds. The van der Waals surface area contributed by atoms with E-state index in [2.05, 4.69) is 27.5 Å². The topological polar surface area (TPSA) is 69.0 Å². The number of amides is 1. The Labute approximate surface area is 124 Å². The van der Waals surface area contributed by atoms with Gasteiger partial charge in [0.25, 0.3) is 0 Å². The molecule has 0 atom stereocenters. The number of carbonyl (C=O) groups excluding carboxylic acids is 1. The molecule has 112 valence electrons. The first-order chi connectivity index (χ1) is 10.0. The van der Waals surface area contributed by atoms with E-state index in [1.807, 2.05) is 19.9 Å². The van der Waals surface area contributed by atoms with E-state index in [0.29, 0.717) is 24.8 Å². The van der Waals surface area contributed by atoms with Crippen molar-refractivity contribution in [2.24, 2.45) is 0 Å². The van der Waals surface area contributed by atoms with Gasteiger partial charge in [0.15, 0.2) is 11.6 Å². The Morgan fingerprint density at radius 2 is 2.14 bits per heavy atom. The standard InChI is InChI=1S/C15H20N4O2/c1-10-5-6-11(2)13(7-10)19-15(8-16-12(3)20)17-14(18-19)9-21-4/h5-7H,8-9H2,1-4H3,(H,16,20). The van der Waals surface area contributed by atoms with E-state index in [1.54, 1.807) is 11.8 Å². The number of nitrogens with one attached hydrogen (secondary N) is 1. The van der Waals surface area contributed by atoms with Gasteiger partial charge in [0.05, 0.1) is 12.2 Å². The molecule has 0 saturated heterocycles. The fourth-order valence-corrected chi connectivity index (χ4v) is 2.04. The minimum absolute atomic E-state index is 0.0983. The average molecular weight is 288 g/mol. The summed E-state index contributed by atoms with van der Waals surface area (Å²) in [6, 6.07) is 6.15. The summed E-state index contributed by atoms with van der Waals surface area (Å²) in [5, 5.41) is 7.24. The number of rotatable bonds is 5. The third-order valence-electron chi connectivity index (χ3n) is 3.08. The molecule has 21 heavy (non-hydrogen) atoms. The number of methoxy groups -OCH3 is 1. The van der Waals surface area contributed by atoms with Crippen LogP contribution in [0.15, 0.2) is 18.2 Å². The number of ether oxygens (including phenoxy) is 1. The Morgan fingerprint density at radius 3 is 2.81 bits per heavy atom. The molecule has 0 aliphatic rings. The van der Waals surface area contributed by atoms with Crippen molar-refractivity contribution in [1.82, 2.24) is 20.1 Å². The van der Waals surface area contributed by atoms with E-state index in [-0.39, 0.29) is 5.91 Å². The zero-order valence-corrected chi connectivity index (χ0v) is 12.8. The maximum atomic E-state index is 11.1. The molecule has 1 N–H and O–H groups in total. The van der Waals surface area contributed by atoms with Crippen molar-refractivity contribution in [1.29, 1.82) is 0 Å². The van der Waals surface area contributed by atoms with E-state index in [9.17, 15) is 4.79 Å². The highest BCUT2D eigenvalue weighted by molar-refractivity contribution is 5.72. The molecule has 0 radical (unpaired) electrons. The molecule has 6 nitrogen and oxygen atoms in total. The quantitative estimate of drug-likeness (QED) is 0.908. The van der Waals surface area contributed by atoms with Gasteiger partial charge in [-0.05, 0) is 31.0 Å². The van der Waals surface area contributed by atoms with Crippen LogP contribution in [0.3, 0.4) is 0 Å². The largest absolute Gasteiger partial charge is 0.377 e. The van der Waals surface area contributed by atoms with Crippen molar-refractivity contribution in [3.63, 3.8) is 0 Å². The van der Waals surface area contributed by atoms with Gasteiger partial charge in [-0.15, -0.1) is 5.10 Å². The van der Waals surface area contributed by atoms with Crippen LogP contribution in [0.2, 0.25) is 0 Å². The number of hydrogen-bond acceptors (Lipinski definition) is 4. The molecule has 0 bridgehead atoms. The smallest absolute Gasteiger partial charge is 0.217 e. The van der Waals surface area contributed by atoms with Gasteiger partial charge in [-0.2, -0.15) is 0 Å². The number of benzene rings is 1. The second-order valence-corrected chi connectivity index (χ2v) is 4.99. The molecular weight excluding hydrogens is 268 g/mol. The third-order valence-corrected chi connectivity index (χ3v) is 3.08. The summed E-state index contributed by atoms with van der Waals surface area (Å²) in [5.74, 6) is 1.18. The number of aryl methyl sites for hydroxylation is 2. The summed E-state index contributed by atoms with van der Waals surface area (Å²) in [6.45, 7) is 6.21. The molecule has 1 aromatic carbocycles. The molecular formula is C15H20N4O2. The van der Waals surface area contributed by atoms with Crippen LogP contribution in [0, 0.1) is 13.8 Å². The van der Waals surface area contributed by atoms with Crippen molar-refractivity contribution in [3.8, 4) is 5.69 Å². The summed E-state index contributed by atoms with van der Waals surface area (Å²) in [4.78, 5) is 15.6. The number of aromatic nitrogens is 3. The van der Waals surface area contributed by atoms with Gasteiger partial charge in [-0.25, -0.2) is 9.67 Å². The maximum Gasteiger partial charge on any atom is 0.217 e. The van der Waals surface area contributed by atoms with E-state index in [0.717, 1.165) is 16.8 Å². The Balaban J connectivity index is 2.44. The first-order valence-corrected chi connectivity index (χ1v) is 6.77. The number of nitrogens with zero attached hydrogens (tertiary/aromatic N) is 3. The van der Waals surface area contributed by atoms with Crippen LogP contribution in [0.4, 0.5) is 0 Å². The number of carbonyl (C=O) groups is 1. The molecule has 2 rings (SSSR count). The molecule has 0 aliphatic carbocycles. The van der Waals surface area contributed by atoms with E-state index in [4.69, 9.17) is 4.74 Å². The van der Waals surface area contributed by atoms with Gasteiger partial charge in [-0.3, -0.25) is 4.79 Å². The first kappa shape index (κ1) is 15.2. The summed E-state index contributed by atoms with van der Waals surface area (Å²) >= 11 is 0. The SMILES string of the molecule is COCc1nc(CNC(C)=O)n(-c2cc(C)ccc2C)n1. The lowest BCUT2D eigenvalue weighted by molar-refractivity contribution is -0.119. The fourth-order valence-electron chi connectivity index (χ4n) is 2.04. The Kier molecular flexibility index (Phi) is 4.70. The summed E-state index contributed by atoms with van der Waals surface area (Å²) in [6.07, 6.45) is 0. The Hall–Kier alpha value is -2.21. The highest BCUT2D eigenvalue weighted by Gasteiger charge is 2.13. The Morgan fingerprint density at radius 1 is 1.38 bits per heavy atom. The molecule has 1 aromatic heterocycles. The van der Waals surface area contributed by atoms with Crippen LogP contribution < -0.4 is 5.32 Å². The Bertz CT molecular complexity index is 649. The summed E-state index contributed by atoms with van der Waals surface area (Å²) < 4.78 is 6.86.